The van der Waals surface area contributed by atoms with E-state index in [1.807, 2.05) is 0 Å². The van der Waals surface area contributed by atoms with Crippen LogP contribution in [0.1, 0.15) is 46.0 Å². The molecule has 0 aromatic carbocycles. The van der Waals surface area contributed by atoms with Crippen LogP contribution in [0.2, 0.25) is 0 Å². The minimum atomic E-state index is -3.21. The second-order valence-corrected chi connectivity index (χ2v) is 7.46. The van der Waals surface area contributed by atoms with Crippen molar-refractivity contribution in [3.63, 3.8) is 0 Å². The summed E-state index contributed by atoms with van der Waals surface area (Å²) >= 11 is 0. The van der Waals surface area contributed by atoms with Crippen LogP contribution in [0.15, 0.2) is 0 Å². The maximum atomic E-state index is 11.6. The Morgan fingerprint density at radius 3 is 2.25 bits per heavy atom. The molecule has 2 N–H and O–H groups in total. The van der Waals surface area contributed by atoms with Gasteiger partial charge in [0.15, 0.2) is 0 Å². The lowest BCUT2D eigenvalue weighted by Gasteiger charge is -2.35. The molecule has 0 unspecified atom stereocenters. The zero-order chi connectivity index (χ0) is 12.2. The Hall–Kier alpha value is -0.130. The van der Waals surface area contributed by atoms with Crippen LogP contribution in [0.3, 0.4) is 0 Å². The molecule has 4 nitrogen and oxygen atoms in total. The lowest BCUT2D eigenvalue weighted by molar-refractivity contribution is 0.0867. The van der Waals surface area contributed by atoms with Gasteiger partial charge in [-0.15, -0.1) is 0 Å². The number of nitrogens with one attached hydrogen (secondary N) is 1. The Balaban J connectivity index is 2.58. The van der Waals surface area contributed by atoms with Crippen molar-refractivity contribution in [2.24, 2.45) is 5.41 Å². The second-order valence-electron chi connectivity index (χ2n) is 5.13. The molecular formula is C11H23NO3S. The first-order valence-corrected chi connectivity index (χ1v) is 7.56. The Bertz CT molecular complexity index is 305. The van der Waals surface area contributed by atoms with Crippen molar-refractivity contribution in [1.82, 2.24) is 4.72 Å². The van der Waals surface area contributed by atoms with E-state index in [4.69, 9.17) is 0 Å². The van der Waals surface area contributed by atoms with E-state index in [-0.39, 0.29) is 12.0 Å². The fourth-order valence-corrected chi connectivity index (χ4v) is 2.95. The number of hydrogen-bond donors (Lipinski definition) is 2. The van der Waals surface area contributed by atoms with Crippen LogP contribution in [0.5, 0.6) is 0 Å². The highest BCUT2D eigenvalue weighted by Gasteiger charge is 2.32. The van der Waals surface area contributed by atoms with Gasteiger partial charge in [0.1, 0.15) is 0 Å². The summed E-state index contributed by atoms with van der Waals surface area (Å²) in [6.45, 7) is 3.78. The van der Waals surface area contributed by atoms with Crippen molar-refractivity contribution in [3.05, 3.63) is 0 Å². The van der Waals surface area contributed by atoms with Crippen LogP contribution in [-0.4, -0.2) is 31.9 Å². The number of sulfonamides is 1. The summed E-state index contributed by atoms with van der Waals surface area (Å²) in [6.07, 6.45) is 5.21. The summed E-state index contributed by atoms with van der Waals surface area (Å²) in [5, 5.41) is 9.03. The number of aliphatic hydroxyl groups is 1. The van der Waals surface area contributed by atoms with Crippen LogP contribution in [-0.2, 0) is 10.0 Å². The van der Waals surface area contributed by atoms with Crippen LogP contribution in [0.4, 0.5) is 0 Å². The summed E-state index contributed by atoms with van der Waals surface area (Å²) in [4.78, 5) is 0. The standard InChI is InChI=1S/C11H23NO3S/c1-10(2)16(14,15)12-8-11(9-13)6-4-3-5-7-11/h10,12-13H,3-9H2,1-2H3. The maximum Gasteiger partial charge on any atom is 0.213 e. The van der Waals surface area contributed by atoms with Crippen LogP contribution in [0, 0.1) is 5.41 Å². The lowest BCUT2D eigenvalue weighted by Crippen LogP contribution is -2.43. The molecule has 0 heterocycles. The SMILES string of the molecule is CC(C)S(=O)(=O)NCC1(CO)CCCCC1. The van der Waals surface area contributed by atoms with Gasteiger partial charge in [-0.1, -0.05) is 19.3 Å². The summed E-state index contributed by atoms with van der Waals surface area (Å²) in [6, 6.07) is 0. The van der Waals surface area contributed by atoms with Gasteiger partial charge in [-0.05, 0) is 26.7 Å². The first-order valence-electron chi connectivity index (χ1n) is 6.01. The second kappa shape index (κ2) is 5.47. The van der Waals surface area contributed by atoms with Crippen LogP contribution >= 0.6 is 0 Å². The number of aliphatic hydroxyl groups excluding tert-OH is 1. The molecule has 1 fully saturated rings. The topological polar surface area (TPSA) is 66.4 Å². The van der Waals surface area contributed by atoms with Crippen molar-refractivity contribution in [2.45, 2.75) is 51.2 Å². The molecule has 0 amide bonds. The minimum absolute atomic E-state index is 0.0770. The van der Waals surface area contributed by atoms with Crippen molar-refractivity contribution < 1.29 is 13.5 Å². The molecule has 0 aromatic rings. The molecule has 0 bridgehead atoms. The average molecular weight is 249 g/mol. The Labute approximate surface area is 98.5 Å². The van der Waals surface area contributed by atoms with E-state index in [1.54, 1.807) is 13.8 Å². The maximum absolute atomic E-state index is 11.6. The van der Waals surface area contributed by atoms with E-state index in [0.717, 1.165) is 25.7 Å². The smallest absolute Gasteiger partial charge is 0.213 e. The molecule has 0 aliphatic heterocycles. The summed E-state index contributed by atoms with van der Waals surface area (Å²) in [7, 11) is -3.21. The first kappa shape index (κ1) is 13.9. The fraction of sp³-hybridized carbons (Fsp3) is 1.00. The zero-order valence-electron chi connectivity index (χ0n) is 10.2. The molecule has 96 valence electrons. The van der Waals surface area contributed by atoms with Gasteiger partial charge in [0.25, 0.3) is 0 Å². The van der Waals surface area contributed by atoms with Gasteiger partial charge in [0.2, 0.25) is 10.0 Å². The lowest BCUT2D eigenvalue weighted by atomic mass is 9.75. The Morgan fingerprint density at radius 1 is 1.25 bits per heavy atom. The molecule has 5 heteroatoms. The van der Waals surface area contributed by atoms with E-state index < -0.39 is 15.3 Å². The molecular weight excluding hydrogens is 226 g/mol. The van der Waals surface area contributed by atoms with Crippen LogP contribution < -0.4 is 4.72 Å². The molecule has 1 saturated carbocycles. The highest BCUT2D eigenvalue weighted by atomic mass is 32.2. The Morgan fingerprint density at radius 2 is 1.81 bits per heavy atom. The molecule has 0 atom stereocenters. The molecule has 1 aliphatic carbocycles. The predicted octanol–water partition coefficient (Wildman–Crippen LogP) is 1.26. The summed E-state index contributed by atoms with van der Waals surface area (Å²) in [5.41, 5.74) is -0.222. The molecule has 16 heavy (non-hydrogen) atoms. The molecule has 1 aliphatic rings. The third-order valence-electron chi connectivity index (χ3n) is 3.52. The van der Waals surface area contributed by atoms with E-state index in [2.05, 4.69) is 4.72 Å². The third-order valence-corrected chi connectivity index (χ3v) is 5.31. The van der Waals surface area contributed by atoms with E-state index in [9.17, 15) is 13.5 Å². The van der Waals surface area contributed by atoms with E-state index in [0.29, 0.717) is 6.54 Å². The summed E-state index contributed by atoms with van der Waals surface area (Å²) < 4.78 is 25.9. The van der Waals surface area contributed by atoms with Gasteiger partial charge >= 0.3 is 0 Å². The van der Waals surface area contributed by atoms with E-state index >= 15 is 0 Å². The first-order chi connectivity index (χ1) is 7.42. The zero-order valence-corrected chi connectivity index (χ0v) is 11.0. The third kappa shape index (κ3) is 3.43. The number of hydrogen-bond acceptors (Lipinski definition) is 3. The van der Waals surface area contributed by atoms with Gasteiger partial charge in [0, 0.05) is 18.6 Å². The van der Waals surface area contributed by atoms with Crippen molar-refractivity contribution in [1.29, 1.82) is 0 Å². The minimum Gasteiger partial charge on any atom is -0.396 e. The average Bonchev–Trinajstić information content (AvgIpc) is 2.28. The highest BCUT2D eigenvalue weighted by molar-refractivity contribution is 7.90. The monoisotopic (exact) mass is 249 g/mol. The highest BCUT2D eigenvalue weighted by Crippen LogP contribution is 2.35. The fourth-order valence-electron chi connectivity index (χ4n) is 2.11. The van der Waals surface area contributed by atoms with Gasteiger partial charge < -0.3 is 5.11 Å². The van der Waals surface area contributed by atoms with Crippen molar-refractivity contribution >= 4 is 10.0 Å². The van der Waals surface area contributed by atoms with Gasteiger partial charge in [-0.3, -0.25) is 0 Å². The predicted molar refractivity (Wildman–Crippen MR) is 64.7 cm³/mol. The Kier molecular flexibility index (Phi) is 4.76. The van der Waals surface area contributed by atoms with Crippen LogP contribution in [0.25, 0.3) is 0 Å². The summed E-state index contributed by atoms with van der Waals surface area (Å²) in [5.74, 6) is 0. The number of rotatable bonds is 5. The quantitative estimate of drug-likeness (QED) is 0.771. The molecule has 0 radical (unpaired) electrons. The van der Waals surface area contributed by atoms with Gasteiger partial charge in [-0.25, -0.2) is 13.1 Å². The van der Waals surface area contributed by atoms with E-state index in [1.165, 1.54) is 6.42 Å². The largest absolute Gasteiger partial charge is 0.396 e. The van der Waals surface area contributed by atoms with Gasteiger partial charge in [-0.2, -0.15) is 0 Å². The van der Waals surface area contributed by atoms with Crippen molar-refractivity contribution in [3.8, 4) is 0 Å². The van der Waals surface area contributed by atoms with Gasteiger partial charge in [0.05, 0.1) is 5.25 Å². The normalized spacial score (nSPS) is 21.2. The molecule has 0 aromatic heterocycles. The molecule has 1 rings (SSSR count). The molecule has 0 saturated heterocycles. The molecule has 0 spiro atoms. The van der Waals surface area contributed by atoms with Crippen molar-refractivity contribution in [2.75, 3.05) is 13.2 Å².